The van der Waals surface area contributed by atoms with Crippen LogP contribution >= 0.6 is 0 Å². The Morgan fingerprint density at radius 1 is 1.21 bits per heavy atom. The van der Waals surface area contributed by atoms with Crippen LogP contribution in [0.3, 0.4) is 0 Å². The third kappa shape index (κ3) is 5.08. The third-order valence-corrected chi connectivity index (χ3v) is 5.85. The van der Waals surface area contributed by atoms with Crippen LogP contribution in [0.5, 0.6) is 11.5 Å². The fraction of sp³-hybridized carbons (Fsp3) is 0.263. The zero-order valence-electron chi connectivity index (χ0n) is 16.1. The first kappa shape index (κ1) is 21.4. The predicted molar refractivity (Wildman–Crippen MR) is 106 cm³/mol. The Morgan fingerprint density at radius 2 is 1.86 bits per heavy atom. The topological polar surface area (TPSA) is 108 Å². The fourth-order valence-corrected chi connectivity index (χ4v) is 3.48. The highest BCUT2D eigenvalue weighted by atomic mass is 32.2. The normalized spacial score (nSPS) is 12.1. The SMILES string of the molecule is COc1ccc(O)c(/C(C)=N/NC(=O)CN(C)S(=O)(=O)c2ccc(C)cc2)c1. The molecule has 2 aromatic rings. The number of carbonyl (C=O) groups excluding carboxylic acids is 1. The molecule has 1 amide bonds. The first-order valence-electron chi connectivity index (χ1n) is 8.38. The third-order valence-electron chi connectivity index (χ3n) is 4.04. The fourth-order valence-electron chi connectivity index (χ4n) is 2.35. The van der Waals surface area contributed by atoms with Crippen molar-refractivity contribution >= 4 is 21.6 Å². The molecule has 28 heavy (non-hydrogen) atoms. The Labute approximate surface area is 164 Å². The average molecular weight is 405 g/mol. The summed E-state index contributed by atoms with van der Waals surface area (Å²) in [5.41, 5.74) is 3.97. The number of amides is 1. The molecule has 0 bridgehead atoms. The largest absolute Gasteiger partial charge is 0.507 e. The van der Waals surface area contributed by atoms with Crippen LogP contribution in [0.4, 0.5) is 0 Å². The maximum absolute atomic E-state index is 12.5. The monoisotopic (exact) mass is 405 g/mol. The van der Waals surface area contributed by atoms with Crippen LogP contribution in [0.2, 0.25) is 0 Å². The summed E-state index contributed by atoms with van der Waals surface area (Å²) in [7, 11) is -0.976. The highest BCUT2D eigenvalue weighted by molar-refractivity contribution is 7.89. The maximum Gasteiger partial charge on any atom is 0.255 e. The molecular weight excluding hydrogens is 382 g/mol. The molecule has 0 aliphatic heterocycles. The van der Waals surface area contributed by atoms with Crippen molar-refractivity contribution in [3.63, 3.8) is 0 Å². The molecule has 0 fully saturated rings. The first-order chi connectivity index (χ1) is 13.1. The zero-order chi connectivity index (χ0) is 20.9. The van der Waals surface area contributed by atoms with Gasteiger partial charge in [-0.2, -0.15) is 9.41 Å². The summed E-state index contributed by atoms with van der Waals surface area (Å²) < 4.78 is 31.1. The number of aryl methyl sites for hydroxylation is 1. The van der Waals surface area contributed by atoms with Crippen LogP contribution in [0.25, 0.3) is 0 Å². The maximum atomic E-state index is 12.5. The molecule has 2 aromatic carbocycles. The van der Waals surface area contributed by atoms with Crippen molar-refractivity contribution in [2.75, 3.05) is 20.7 Å². The number of hydrogen-bond acceptors (Lipinski definition) is 6. The van der Waals surface area contributed by atoms with Crippen molar-refractivity contribution in [2.24, 2.45) is 5.10 Å². The quantitative estimate of drug-likeness (QED) is 0.540. The lowest BCUT2D eigenvalue weighted by molar-refractivity contribution is -0.121. The van der Waals surface area contributed by atoms with E-state index in [0.29, 0.717) is 17.0 Å². The van der Waals surface area contributed by atoms with Crippen LogP contribution in [-0.4, -0.2) is 50.2 Å². The van der Waals surface area contributed by atoms with Gasteiger partial charge in [-0.25, -0.2) is 13.8 Å². The van der Waals surface area contributed by atoms with E-state index in [0.717, 1.165) is 9.87 Å². The molecule has 0 unspecified atom stereocenters. The number of phenols is 1. The highest BCUT2D eigenvalue weighted by Gasteiger charge is 2.22. The summed E-state index contributed by atoms with van der Waals surface area (Å²) >= 11 is 0. The predicted octanol–water partition coefficient (Wildman–Crippen LogP) is 1.87. The summed E-state index contributed by atoms with van der Waals surface area (Å²) in [5.74, 6) is -0.104. The van der Waals surface area contributed by atoms with Gasteiger partial charge in [-0.3, -0.25) is 4.79 Å². The number of methoxy groups -OCH3 is 1. The van der Waals surface area contributed by atoms with Crippen LogP contribution in [-0.2, 0) is 14.8 Å². The van der Waals surface area contributed by atoms with E-state index in [-0.39, 0.29) is 10.6 Å². The van der Waals surface area contributed by atoms with Crippen LogP contribution < -0.4 is 10.2 Å². The minimum atomic E-state index is -3.79. The van der Waals surface area contributed by atoms with Gasteiger partial charge < -0.3 is 9.84 Å². The molecule has 0 atom stereocenters. The van der Waals surface area contributed by atoms with Crippen molar-refractivity contribution in [3.05, 3.63) is 53.6 Å². The number of hydrazone groups is 1. The number of hydrogen-bond donors (Lipinski definition) is 2. The second kappa shape index (κ2) is 8.85. The van der Waals surface area contributed by atoms with Crippen molar-refractivity contribution in [2.45, 2.75) is 18.7 Å². The smallest absolute Gasteiger partial charge is 0.255 e. The molecular formula is C19H23N3O5S. The molecule has 0 radical (unpaired) electrons. The van der Waals surface area contributed by atoms with Gasteiger partial charge in [-0.05, 0) is 44.2 Å². The molecule has 0 saturated carbocycles. The summed E-state index contributed by atoms with van der Waals surface area (Å²) in [6.07, 6.45) is 0. The molecule has 2 N–H and O–H groups in total. The Hall–Kier alpha value is -2.91. The minimum Gasteiger partial charge on any atom is -0.507 e. The molecule has 8 nitrogen and oxygen atoms in total. The molecule has 0 aliphatic rings. The molecule has 150 valence electrons. The van der Waals surface area contributed by atoms with Crippen molar-refractivity contribution in [3.8, 4) is 11.5 Å². The molecule has 0 heterocycles. The number of nitrogens with zero attached hydrogens (tertiary/aromatic N) is 2. The van der Waals surface area contributed by atoms with Gasteiger partial charge in [0, 0.05) is 12.6 Å². The molecule has 0 saturated heterocycles. The number of nitrogens with one attached hydrogen (secondary N) is 1. The molecule has 0 aromatic heterocycles. The van der Waals surface area contributed by atoms with Gasteiger partial charge in [-0.15, -0.1) is 0 Å². The number of likely N-dealkylation sites (N-methyl/N-ethyl adjacent to an activating group) is 1. The number of rotatable bonds is 7. The van der Waals surface area contributed by atoms with E-state index in [4.69, 9.17) is 4.74 Å². The zero-order valence-corrected chi connectivity index (χ0v) is 16.9. The number of sulfonamides is 1. The van der Waals surface area contributed by atoms with E-state index in [9.17, 15) is 18.3 Å². The van der Waals surface area contributed by atoms with Gasteiger partial charge in [-0.1, -0.05) is 17.7 Å². The minimum absolute atomic E-state index is 0.0182. The molecule has 0 spiro atoms. The Balaban J connectivity index is 2.07. The van der Waals surface area contributed by atoms with Crippen molar-refractivity contribution < 1.29 is 23.1 Å². The number of phenolic OH excluding ortho intramolecular Hbond substituents is 1. The van der Waals surface area contributed by atoms with E-state index in [1.165, 1.54) is 32.4 Å². The number of carbonyl (C=O) groups is 1. The summed E-state index contributed by atoms with van der Waals surface area (Å²) in [5, 5.41) is 13.9. The number of benzene rings is 2. The van der Waals surface area contributed by atoms with Gasteiger partial charge in [0.25, 0.3) is 5.91 Å². The Kier molecular flexibility index (Phi) is 6.76. The van der Waals surface area contributed by atoms with E-state index in [2.05, 4.69) is 10.5 Å². The lowest BCUT2D eigenvalue weighted by Gasteiger charge is -2.16. The molecule has 0 aliphatic carbocycles. The average Bonchev–Trinajstić information content (AvgIpc) is 2.66. The van der Waals surface area contributed by atoms with Crippen LogP contribution in [0, 0.1) is 6.92 Å². The Bertz CT molecular complexity index is 985. The van der Waals surface area contributed by atoms with Gasteiger partial charge in [0.1, 0.15) is 11.5 Å². The summed E-state index contributed by atoms with van der Waals surface area (Å²) in [6.45, 7) is 3.05. The van der Waals surface area contributed by atoms with E-state index < -0.39 is 22.5 Å². The first-order valence-corrected chi connectivity index (χ1v) is 9.82. The lowest BCUT2D eigenvalue weighted by Crippen LogP contribution is -2.36. The van der Waals surface area contributed by atoms with Gasteiger partial charge in [0.2, 0.25) is 10.0 Å². The molecule has 9 heteroatoms. The van der Waals surface area contributed by atoms with E-state index in [1.807, 2.05) is 6.92 Å². The second-order valence-corrected chi connectivity index (χ2v) is 8.23. The van der Waals surface area contributed by atoms with Crippen molar-refractivity contribution in [1.29, 1.82) is 0 Å². The van der Waals surface area contributed by atoms with Crippen LogP contribution in [0.15, 0.2) is 52.5 Å². The van der Waals surface area contributed by atoms with Crippen molar-refractivity contribution in [1.82, 2.24) is 9.73 Å². The number of ether oxygens (including phenoxy) is 1. The van der Waals surface area contributed by atoms with Gasteiger partial charge in [0.15, 0.2) is 0 Å². The standard InChI is InChI=1S/C19H23N3O5S/c1-13-5-8-16(9-6-13)28(25,26)22(3)12-19(24)21-20-14(2)17-11-15(27-4)7-10-18(17)23/h5-11,23H,12H2,1-4H3,(H,21,24)/b20-14+. The highest BCUT2D eigenvalue weighted by Crippen LogP contribution is 2.23. The van der Waals surface area contributed by atoms with Crippen LogP contribution in [0.1, 0.15) is 18.1 Å². The van der Waals surface area contributed by atoms with E-state index in [1.54, 1.807) is 31.2 Å². The second-order valence-electron chi connectivity index (χ2n) is 6.19. The summed E-state index contributed by atoms with van der Waals surface area (Å²) in [6, 6.07) is 11.0. The summed E-state index contributed by atoms with van der Waals surface area (Å²) in [4.78, 5) is 12.2. The lowest BCUT2D eigenvalue weighted by atomic mass is 10.1. The van der Waals surface area contributed by atoms with Gasteiger partial charge >= 0.3 is 0 Å². The number of aromatic hydroxyl groups is 1. The van der Waals surface area contributed by atoms with E-state index >= 15 is 0 Å². The Morgan fingerprint density at radius 3 is 2.46 bits per heavy atom. The molecule has 2 rings (SSSR count). The van der Waals surface area contributed by atoms with Gasteiger partial charge in [0.05, 0.1) is 24.3 Å².